The fourth-order valence-electron chi connectivity index (χ4n) is 3.95. The summed E-state index contributed by atoms with van der Waals surface area (Å²) in [6, 6.07) is 0. The Kier molecular flexibility index (Phi) is 5.96. The van der Waals surface area contributed by atoms with E-state index in [-0.39, 0.29) is 17.7 Å². The second-order valence-electron chi connectivity index (χ2n) is 7.15. The van der Waals surface area contributed by atoms with E-state index in [1.807, 2.05) is 6.92 Å². The Balaban J connectivity index is 1.77. The first-order valence-electron chi connectivity index (χ1n) is 9.54. The average molecular weight is 378 g/mol. The van der Waals surface area contributed by atoms with Crippen molar-refractivity contribution in [3.63, 3.8) is 0 Å². The summed E-state index contributed by atoms with van der Waals surface area (Å²) in [5.41, 5.74) is 7.16. The zero-order chi connectivity index (χ0) is 18.7. The number of amides is 3. The van der Waals surface area contributed by atoms with Crippen LogP contribution in [0.1, 0.15) is 66.2 Å². The van der Waals surface area contributed by atoms with Gasteiger partial charge >= 0.3 is 0 Å². The third-order valence-electron chi connectivity index (χ3n) is 5.35. The van der Waals surface area contributed by atoms with Crippen molar-refractivity contribution >= 4 is 34.1 Å². The van der Waals surface area contributed by atoms with Crippen LogP contribution in [0.4, 0.5) is 5.00 Å². The highest BCUT2D eigenvalue weighted by molar-refractivity contribution is 7.17. The van der Waals surface area contributed by atoms with Crippen LogP contribution in [0.2, 0.25) is 0 Å². The molecule has 0 aromatic carbocycles. The van der Waals surface area contributed by atoms with Gasteiger partial charge in [-0.3, -0.25) is 14.4 Å². The van der Waals surface area contributed by atoms with E-state index in [1.165, 1.54) is 16.2 Å². The smallest absolute Gasteiger partial charge is 0.251 e. The second-order valence-corrected chi connectivity index (χ2v) is 8.26. The predicted octanol–water partition coefficient (Wildman–Crippen LogP) is 2.70. The standard InChI is InChI=1S/C19H27N3O3S/c1-2-15(23)22-10-6-7-12(11-22)18(25)21-19-16(17(20)24)13-8-4-3-5-9-14(13)26-19/h12H,2-11H2,1H3,(H2,20,24)(H,21,25). The van der Waals surface area contributed by atoms with Gasteiger partial charge in [0.1, 0.15) is 5.00 Å². The normalized spacial score (nSPS) is 20.2. The Labute approximate surface area is 158 Å². The maximum atomic E-state index is 12.8. The van der Waals surface area contributed by atoms with E-state index in [2.05, 4.69) is 5.32 Å². The molecule has 3 amide bonds. The highest BCUT2D eigenvalue weighted by Crippen LogP contribution is 2.37. The summed E-state index contributed by atoms with van der Waals surface area (Å²) in [7, 11) is 0. The monoisotopic (exact) mass is 377 g/mol. The Morgan fingerprint density at radius 1 is 1.19 bits per heavy atom. The van der Waals surface area contributed by atoms with Gasteiger partial charge < -0.3 is 16.0 Å². The Hall–Kier alpha value is -1.89. The minimum Gasteiger partial charge on any atom is -0.365 e. The Bertz CT molecular complexity index is 713. The molecule has 2 aliphatic rings. The lowest BCUT2D eigenvalue weighted by Gasteiger charge is -2.31. The summed E-state index contributed by atoms with van der Waals surface area (Å²) in [6.45, 7) is 3.01. The number of hydrogen-bond acceptors (Lipinski definition) is 4. The zero-order valence-corrected chi connectivity index (χ0v) is 16.1. The molecular formula is C19H27N3O3S. The number of thiophene rings is 1. The van der Waals surface area contributed by atoms with Crippen LogP contribution >= 0.6 is 11.3 Å². The van der Waals surface area contributed by atoms with Crippen LogP contribution in [0.15, 0.2) is 0 Å². The van der Waals surface area contributed by atoms with Gasteiger partial charge in [0.2, 0.25) is 11.8 Å². The van der Waals surface area contributed by atoms with Crippen molar-refractivity contribution < 1.29 is 14.4 Å². The molecule has 1 atom stereocenters. The van der Waals surface area contributed by atoms with Gasteiger partial charge in [-0.1, -0.05) is 13.3 Å². The third kappa shape index (κ3) is 3.92. The number of primary amides is 1. The van der Waals surface area contributed by atoms with Gasteiger partial charge in [0, 0.05) is 24.4 Å². The Morgan fingerprint density at radius 3 is 2.69 bits per heavy atom. The van der Waals surface area contributed by atoms with Gasteiger partial charge in [-0.2, -0.15) is 0 Å². The first-order valence-corrected chi connectivity index (χ1v) is 10.4. The SMILES string of the molecule is CCC(=O)N1CCCC(C(=O)Nc2sc3c(c2C(N)=O)CCCCC3)C1. The van der Waals surface area contributed by atoms with Crippen LogP contribution in [-0.4, -0.2) is 35.7 Å². The first-order chi connectivity index (χ1) is 12.5. The average Bonchev–Trinajstić information content (AvgIpc) is 2.82. The highest BCUT2D eigenvalue weighted by Gasteiger charge is 2.30. The number of anilines is 1. The number of likely N-dealkylation sites (tertiary alicyclic amines) is 1. The summed E-state index contributed by atoms with van der Waals surface area (Å²) >= 11 is 1.49. The van der Waals surface area contributed by atoms with E-state index in [9.17, 15) is 14.4 Å². The van der Waals surface area contributed by atoms with E-state index < -0.39 is 5.91 Å². The number of aryl methyl sites for hydroxylation is 1. The number of piperidine rings is 1. The van der Waals surface area contributed by atoms with Gasteiger partial charge in [-0.15, -0.1) is 11.3 Å². The van der Waals surface area contributed by atoms with E-state index >= 15 is 0 Å². The van der Waals surface area contributed by atoms with Gasteiger partial charge in [0.05, 0.1) is 11.5 Å². The number of nitrogens with zero attached hydrogens (tertiary/aromatic N) is 1. The predicted molar refractivity (Wildman–Crippen MR) is 102 cm³/mol. The van der Waals surface area contributed by atoms with Crippen LogP contribution in [0, 0.1) is 5.92 Å². The lowest BCUT2D eigenvalue weighted by molar-refractivity contribution is -0.134. The summed E-state index contributed by atoms with van der Waals surface area (Å²) in [4.78, 5) is 39.7. The molecule has 6 nitrogen and oxygen atoms in total. The molecule has 0 saturated carbocycles. The lowest BCUT2D eigenvalue weighted by Crippen LogP contribution is -2.43. The van der Waals surface area contributed by atoms with Crippen LogP contribution in [0.25, 0.3) is 0 Å². The number of carbonyl (C=O) groups excluding carboxylic acids is 3. The molecule has 2 heterocycles. The molecule has 1 aliphatic carbocycles. The molecule has 1 aliphatic heterocycles. The first kappa shape index (κ1) is 18.9. The van der Waals surface area contributed by atoms with Crippen molar-refractivity contribution in [1.29, 1.82) is 0 Å². The van der Waals surface area contributed by atoms with Gasteiger partial charge in [-0.25, -0.2) is 0 Å². The molecule has 3 rings (SSSR count). The van der Waals surface area contributed by atoms with Crippen molar-refractivity contribution in [3.05, 3.63) is 16.0 Å². The molecular weight excluding hydrogens is 350 g/mol. The van der Waals surface area contributed by atoms with Gasteiger partial charge in [0.25, 0.3) is 5.91 Å². The lowest BCUT2D eigenvalue weighted by atomic mass is 9.96. The number of rotatable bonds is 4. The number of carbonyl (C=O) groups is 3. The maximum absolute atomic E-state index is 12.8. The van der Waals surface area contributed by atoms with E-state index in [0.717, 1.165) is 57.1 Å². The van der Waals surface area contributed by atoms with Crippen molar-refractivity contribution in [1.82, 2.24) is 4.90 Å². The number of nitrogens with one attached hydrogen (secondary N) is 1. The molecule has 26 heavy (non-hydrogen) atoms. The minimum atomic E-state index is -0.467. The van der Waals surface area contributed by atoms with E-state index in [4.69, 9.17) is 5.73 Å². The van der Waals surface area contributed by atoms with Crippen LogP contribution in [0.3, 0.4) is 0 Å². The van der Waals surface area contributed by atoms with Gasteiger partial charge in [-0.05, 0) is 44.1 Å². The third-order valence-corrected chi connectivity index (χ3v) is 6.56. The largest absolute Gasteiger partial charge is 0.365 e. The van der Waals surface area contributed by atoms with Crippen molar-refractivity contribution in [2.75, 3.05) is 18.4 Å². The molecule has 1 aromatic rings. The van der Waals surface area contributed by atoms with Gasteiger partial charge in [0.15, 0.2) is 0 Å². The highest BCUT2D eigenvalue weighted by atomic mass is 32.1. The molecule has 1 saturated heterocycles. The maximum Gasteiger partial charge on any atom is 0.251 e. The molecule has 7 heteroatoms. The van der Waals surface area contributed by atoms with Crippen LogP contribution in [-0.2, 0) is 22.4 Å². The topological polar surface area (TPSA) is 92.5 Å². The molecule has 1 unspecified atom stereocenters. The summed E-state index contributed by atoms with van der Waals surface area (Å²) in [6.07, 6.45) is 7.15. The molecule has 0 radical (unpaired) electrons. The summed E-state index contributed by atoms with van der Waals surface area (Å²) in [5, 5.41) is 3.55. The Morgan fingerprint density at radius 2 is 1.96 bits per heavy atom. The second kappa shape index (κ2) is 8.20. The fraction of sp³-hybridized carbons (Fsp3) is 0.632. The zero-order valence-electron chi connectivity index (χ0n) is 15.3. The quantitative estimate of drug-likeness (QED) is 0.790. The molecule has 3 N–H and O–H groups in total. The molecule has 1 fully saturated rings. The minimum absolute atomic E-state index is 0.0863. The van der Waals surface area contributed by atoms with Crippen molar-refractivity contribution in [3.8, 4) is 0 Å². The van der Waals surface area contributed by atoms with Crippen LogP contribution in [0.5, 0.6) is 0 Å². The van der Waals surface area contributed by atoms with E-state index in [0.29, 0.717) is 23.5 Å². The summed E-state index contributed by atoms with van der Waals surface area (Å²) < 4.78 is 0. The molecule has 0 bridgehead atoms. The number of fused-ring (bicyclic) bond motifs is 1. The fourth-order valence-corrected chi connectivity index (χ4v) is 5.24. The van der Waals surface area contributed by atoms with E-state index in [1.54, 1.807) is 4.90 Å². The van der Waals surface area contributed by atoms with Crippen molar-refractivity contribution in [2.24, 2.45) is 11.7 Å². The molecule has 0 spiro atoms. The number of hydrogen-bond donors (Lipinski definition) is 2. The summed E-state index contributed by atoms with van der Waals surface area (Å²) in [5.74, 6) is -0.728. The van der Waals surface area contributed by atoms with Crippen LogP contribution < -0.4 is 11.1 Å². The molecule has 142 valence electrons. The molecule has 1 aromatic heterocycles. The number of nitrogens with two attached hydrogens (primary N) is 1. The van der Waals surface area contributed by atoms with Crippen molar-refractivity contribution in [2.45, 2.75) is 58.3 Å².